The van der Waals surface area contributed by atoms with Crippen LogP contribution in [0.15, 0.2) is 48.5 Å². The summed E-state index contributed by atoms with van der Waals surface area (Å²) in [5.74, 6) is -0.866. The summed E-state index contributed by atoms with van der Waals surface area (Å²) >= 11 is 0. The molecule has 0 radical (unpaired) electrons. The zero-order valence-electron chi connectivity index (χ0n) is 12.5. The molecule has 3 unspecified atom stereocenters. The maximum atomic E-state index is 13.2. The fourth-order valence-electron chi connectivity index (χ4n) is 3.02. The average molecular weight is 319 g/mol. The number of benzene rings is 2. The summed E-state index contributed by atoms with van der Waals surface area (Å²) in [5.41, 5.74) is 7.49. The lowest BCUT2D eigenvalue weighted by Gasteiger charge is -2.36. The second-order valence-electron chi connectivity index (χ2n) is 5.92. The van der Waals surface area contributed by atoms with Crippen molar-refractivity contribution in [2.24, 2.45) is 5.73 Å². The molecule has 0 aromatic heterocycles. The van der Waals surface area contributed by atoms with Crippen molar-refractivity contribution in [2.45, 2.75) is 30.6 Å². The molecule has 0 bridgehead atoms. The van der Waals surface area contributed by atoms with Crippen molar-refractivity contribution >= 4 is 0 Å². The molecule has 23 heavy (non-hydrogen) atoms. The van der Waals surface area contributed by atoms with Crippen LogP contribution in [0.25, 0.3) is 0 Å². The molecular formula is C18H19F2NO2. The van der Waals surface area contributed by atoms with Crippen LogP contribution in [-0.4, -0.2) is 30.0 Å². The second kappa shape index (κ2) is 6.74. The highest BCUT2D eigenvalue weighted by Gasteiger charge is 2.34. The predicted molar refractivity (Wildman–Crippen MR) is 83.0 cm³/mol. The molecule has 0 spiro atoms. The molecule has 3 N–H and O–H groups in total. The number of nitrogens with two attached hydrogens (primary N) is 1. The first kappa shape index (κ1) is 16.1. The molecule has 0 saturated carbocycles. The van der Waals surface area contributed by atoms with Gasteiger partial charge in [-0.1, -0.05) is 24.3 Å². The molecule has 0 aliphatic carbocycles. The van der Waals surface area contributed by atoms with E-state index in [9.17, 15) is 13.9 Å². The normalized spacial score (nSPS) is 24.8. The van der Waals surface area contributed by atoms with Crippen molar-refractivity contribution in [2.75, 3.05) is 6.61 Å². The van der Waals surface area contributed by atoms with Gasteiger partial charge >= 0.3 is 0 Å². The number of rotatable bonds is 3. The highest BCUT2D eigenvalue weighted by molar-refractivity contribution is 5.34. The molecule has 3 rings (SSSR count). The van der Waals surface area contributed by atoms with Crippen LogP contribution in [0, 0.1) is 11.6 Å². The van der Waals surface area contributed by atoms with E-state index in [1.54, 1.807) is 24.3 Å². The smallest absolute Gasteiger partial charge is 0.123 e. The van der Waals surface area contributed by atoms with Gasteiger partial charge in [-0.05, 0) is 35.4 Å². The molecule has 5 heteroatoms. The van der Waals surface area contributed by atoms with Crippen molar-refractivity contribution in [3.63, 3.8) is 0 Å². The topological polar surface area (TPSA) is 55.5 Å². The molecule has 1 aliphatic heterocycles. The molecule has 3 nitrogen and oxygen atoms in total. The Morgan fingerprint density at radius 1 is 0.957 bits per heavy atom. The lowest BCUT2D eigenvalue weighted by Crippen LogP contribution is -2.48. The van der Waals surface area contributed by atoms with Crippen LogP contribution in [-0.2, 0) is 4.74 Å². The molecule has 2 aromatic rings. The first-order valence-electron chi connectivity index (χ1n) is 7.61. The Labute approximate surface area is 133 Å². The number of hydrogen-bond donors (Lipinski definition) is 2. The Morgan fingerprint density at radius 2 is 1.43 bits per heavy atom. The SMILES string of the molecule is NC1COC(C(c2ccc(F)cc2)c2ccc(F)cc2)CC1O. The van der Waals surface area contributed by atoms with Gasteiger partial charge in [0, 0.05) is 12.3 Å². The monoisotopic (exact) mass is 319 g/mol. The number of aliphatic hydroxyl groups excluding tert-OH is 1. The lowest BCUT2D eigenvalue weighted by atomic mass is 9.82. The van der Waals surface area contributed by atoms with Crippen molar-refractivity contribution in [1.29, 1.82) is 0 Å². The quantitative estimate of drug-likeness (QED) is 0.914. The minimum Gasteiger partial charge on any atom is -0.391 e. The number of aliphatic hydroxyl groups is 1. The second-order valence-corrected chi connectivity index (χ2v) is 5.92. The zero-order chi connectivity index (χ0) is 16.4. The van der Waals surface area contributed by atoms with Gasteiger partial charge in [0.1, 0.15) is 11.6 Å². The Balaban J connectivity index is 1.96. The predicted octanol–water partition coefficient (Wildman–Crippen LogP) is 2.57. The van der Waals surface area contributed by atoms with Crippen LogP contribution in [0.4, 0.5) is 8.78 Å². The summed E-state index contributed by atoms with van der Waals surface area (Å²) < 4.78 is 32.3. The molecular weight excluding hydrogens is 300 g/mol. The summed E-state index contributed by atoms with van der Waals surface area (Å²) in [5, 5.41) is 10.1. The van der Waals surface area contributed by atoms with Crippen LogP contribution in [0.3, 0.4) is 0 Å². The van der Waals surface area contributed by atoms with E-state index >= 15 is 0 Å². The van der Waals surface area contributed by atoms with Crippen molar-refractivity contribution < 1.29 is 18.6 Å². The van der Waals surface area contributed by atoms with Gasteiger partial charge < -0.3 is 15.6 Å². The van der Waals surface area contributed by atoms with Crippen molar-refractivity contribution in [3.05, 3.63) is 71.3 Å². The largest absolute Gasteiger partial charge is 0.391 e. The molecule has 2 aromatic carbocycles. The lowest BCUT2D eigenvalue weighted by molar-refractivity contribution is -0.0625. The fourth-order valence-corrected chi connectivity index (χ4v) is 3.02. The number of ether oxygens (including phenoxy) is 1. The van der Waals surface area contributed by atoms with Crippen LogP contribution in [0.5, 0.6) is 0 Å². The first-order chi connectivity index (χ1) is 11.0. The molecule has 3 atom stereocenters. The van der Waals surface area contributed by atoms with E-state index in [0.717, 1.165) is 11.1 Å². The summed E-state index contributed by atoms with van der Waals surface area (Å²) in [4.78, 5) is 0. The Kier molecular flexibility index (Phi) is 4.71. The Morgan fingerprint density at radius 3 is 1.87 bits per heavy atom. The van der Waals surface area contributed by atoms with Gasteiger partial charge in [-0.2, -0.15) is 0 Å². The number of hydrogen-bond acceptors (Lipinski definition) is 3. The molecule has 1 aliphatic rings. The standard InChI is InChI=1S/C18H19F2NO2/c19-13-5-1-11(2-6-13)18(12-3-7-14(20)8-4-12)17-9-16(22)15(21)10-23-17/h1-8,15-18,22H,9-10,21H2. The van der Waals surface area contributed by atoms with Crippen LogP contribution >= 0.6 is 0 Å². The van der Waals surface area contributed by atoms with Gasteiger partial charge in [-0.3, -0.25) is 0 Å². The third kappa shape index (κ3) is 3.58. The fraction of sp³-hybridized carbons (Fsp3) is 0.333. The minimum atomic E-state index is -0.655. The average Bonchev–Trinajstić information content (AvgIpc) is 2.55. The van der Waals surface area contributed by atoms with E-state index in [1.807, 2.05) is 0 Å². The molecule has 122 valence electrons. The summed E-state index contributed by atoms with van der Waals surface area (Å²) in [7, 11) is 0. The highest BCUT2D eigenvalue weighted by atomic mass is 19.1. The maximum absolute atomic E-state index is 13.2. The molecule has 1 fully saturated rings. The summed E-state index contributed by atoms with van der Waals surface area (Å²) in [6.07, 6.45) is -0.585. The first-order valence-corrected chi connectivity index (χ1v) is 7.61. The third-order valence-electron chi connectivity index (χ3n) is 4.30. The van der Waals surface area contributed by atoms with E-state index in [4.69, 9.17) is 10.5 Å². The van der Waals surface area contributed by atoms with Gasteiger partial charge in [0.05, 0.1) is 24.9 Å². The van der Waals surface area contributed by atoms with E-state index in [0.29, 0.717) is 6.42 Å². The minimum absolute atomic E-state index is 0.224. The van der Waals surface area contributed by atoms with Gasteiger partial charge in [0.15, 0.2) is 0 Å². The van der Waals surface area contributed by atoms with Crippen molar-refractivity contribution in [3.8, 4) is 0 Å². The third-order valence-corrected chi connectivity index (χ3v) is 4.30. The van der Waals surface area contributed by atoms with Crippen LogP contribution in [0.1, 0.15) is 23.5 Å². The maximum Gasteiger partial charge on any atom is 0.123 e. The summed E-state index contributed by atoms with van der Waals surface area (Å²) in [6.45, 7) is 0.255. The van der Waals surface area contributed by atoms with Crippen LogP contribution in [0.2, 0.25) is 0 Å². The Hall–Kier alpha value is -1.82. The van der Waals surface area contributed by atoms with E-state index < -0.39 is 12.1 Å². The molecule has 0 amide bonds. The number of halogens is 2. The van der Waals surface area contributed by atoms with E-state index in [2.05, 4.69) is 0 Å². The van der Waals surface area contributed by atoms with Gasteiger partial charge in [0.25, 0.3) is 0 Å². The Bertz CT molecular complexity index is 600. The van der Waals surface area contributed by atoms with Crippen molar-refractivity contribution in [1.82, 2.24) is 0 Å². The molecule has 1 saturated heterocycles. The van der Waals surface area contributed by atoms with E-state index in [-0.39, 0.29) is 30.3 Å². The summed E-state index contributed by atoms with van der Waals surface area (Å²) in [6, 6.07) is 11.9. The molecule has 1 heterocycles. The van der Waals surface area contributed by atoms with Gasteiger partial charge in [-0.15, -0.1) is 0 Å². The van der Waals surface area contributed by atoms with Crippen LogP contribution < -0.4 is 5.73 Å². The van der Waals surface area contributed by atoms with Gasteiger partial charge in [-0.25, -0.2) is 8.78 Å². The highest BCUT2D eigenvalue weighted by Crippen LogP contribution is 2.34. The van der Waals surface area contributed by atoms with E-state index in [1.165, 1.54) is 24.3 Å². The van der Waals surface area contributed by atoms with Gasteiger partial charge in [0.2, 0.25) is 0 Å². The zero-order valence-corrected chi connectivity index (χ0v) is 12.5.